The normalized spacial score (nSPS) is 22.3. The average Bonchev–Trinajstić information content (AvgIpc) is 2.90. The molecule has 2 aliphatic heterocycles. The largest absolute Gasteiger partial charge is 0.496 e. The first kappa shape index (κ1) is 20.8. The van der Waals surface area contributed by atoms with Gasteiger partial charge >= 0.3 is 0 Å². The third-order valence-electron chi connectivity index (χ3n) is 5.25. The molecule has 4 rings (SSSR count). The van der Waals surface area contributed by atoms with Crippen LogP contribution in [0.3, 0.4) is 0 Å². The minimum absolute atomic E-state index is 0.0110. The third-order valence-corrected chi connectivity index (χ3v) is 8.07. The number of sulfone groups is 1. The van der Waals surface area contributed by atoms with Crippen LogP contribution in [0.25, 0.3) is 6.08 Å². The molecular weight excluding hydrogens is 456 g/mol. The van der Waals surface area contributed by atoms with Crippen LogP contribution in [-0.4, -0.2) is 43.5 Å². The monoisotopic (exact) mass is 469 g/mol. The second kappa shape index (κ2) is 7.08. The molecule has 0 spiro atoms. The number of carbonyl (C=O) groups excluding carboxylic acids is 2. The molecule has 0 aliphatic carbocycles. The number of carbonyl (C=O) groups is 2. The molecule has 0 N–H and O–H groups in total. The molecule has 2 heterocycles. The van der Waals surface area contributed by atoms with E-state index >= 15 is 0 Å². The van der Waals surface area contributed by atoms with Crippen molar-refractivity contribution in [3.05, 3.63) is 63.4 Å². The Bertz CT molecular complexity index is 1240. The highest BCUT2D eigenvalue weighted by molar-refractivity contribution is 7.93. The van der Waals surface area contributed by atoms with Gasteiger partial charge in [0.25, 0.3) is 0 Å². The Kier molecular flexibility index (Phi) is 4.91. The minimum Gasteiger partial charge on any atom is -0.496 e. The number of nitrogens with zero attached hydrogens (tertiary/aromatic N) is 1. The lowest BCUT2D eigenvalue weighted by atomic mass is 9.99. The summed E-state index contributed by atoms with van der Waals surface area (Å²) >= 11 is 11.7. The van der Waals surface area contributed by atoms with Crippen molar-refractivity contribution in [1.82, 2.24) is 4.90 Å². The van der Waals surface area contributed by atoms with Gasteiger partial charge in [0.05, 0.1) is 20.1 Å². The topological polar surface area (TPSA) is 80.8 Å². The first-order chi connectivity index (χ1) is 14.1. The van der Waals surface area contributed by atoms with Gasteiger partial charge in [0.15, 0.2) is 0 Å². The van der Waals surface area contributed by atoms with Crippen LogP contribution in [0.1, 0.15) is 12.0 Å². The van der Waals surface area contributed by atoms with Crippen LogP contribution < -0.4 is 4.74 Å². The Morgan fingerprint density at radius 3 is 2.43 bits per heavy atom. The number of β-lactam (4-membered cyclic amide) rings is 1. The van der Waals surface area contributed by atoms with Crippen molar-refractivity contribution in [1.29, 1.82) is 0 Å². The molecule has 1 unspecified atom stereocenters. The van der Waals surface area contributed by atoms with E-state index in [1.807, 2.05) is 0 Å². The Labute approximate surface area is 181 Å². The molecule has 1 amide bonds. The maximum Gasteiger partial charge on any atom is 0.228 e. The van der Waals surface area contributed by atoms with E-state index in [0.717, 1.165) is 17.0 Å². The summed E-state index contributed by atoms with van der Waals surface area (Å²) in [4.78, 5) is 23.5. The van der Waals surface area contributed by atoms with Crippen LogP contribution in [0.4, 0.5) is 4.39 Å². The molecule has 0 aromatic heterocycles. The molecule has 2 aromatic rings. The van der Waals surface area contributed by atoms with Crippen molar-refractivity contribution in [2.45, 2.75) is 16.2 Å². The number of rotatable bonds is 4. The molecule has 156 valence electrons. The van der Waals surface area contributed by atoms with Crippen molar-refractivity contribution in [2.75, 3.05) is 13.7 Å². The van der Waals surface area contributed by atoms with E-state index in [0.29, 0.717) is 16.3 Å². The third kappa shape index (κ3) is 2.85. The number of ketones is 1. The lowest BCUT2D eigenvalue weighted by molar-refractivity contribution is -0.150. The van der Waals surface area contributed by atoms with Crippen LogP contribution >= 0.6 is 23.2 Å². The highest BCUT2D eigenvalue weighted by atomic mass is 35.5. The van der Waals surface area contributed by atoms with Gasteiger partial charge in [-0.15, -0.1) is 0 Å². The van der Waals surface area contributed by atoms with Crippen LogP contribution in [-0.2, 0) is 19.4 Å². The number of ether oxygens (including phenoxy) is 1. The van der Waals surface area contributed by atoms with E-state index < -0.39 is 43.5 Å². The van der Waals surface area contributed by atoms with Gasteiger partial charge in [-0.25, -0.2) is 12.8 Å². The van der Waals surface area contributed by atoms with Gasteiger partial charge in [0.2, 0.25) is 26.4 Å². The first-order valence-electron chi connectivity index (χ1n) is 8.71. The zero-order valence-corrected chi connectivity index (χ0v) is 17.8. The van der Waals surface area contributed by atoms with Crippen LogP contribution in [0.5, 0.6) is 5.75 Å². The van der Waals surface area contributed by atoms with Crippen LogP contribution in [0.15, 0.2) is 46.9 Å². The first-order valence-corrected chi connectivity index (χ1v) is 10.9. The molecule has 10 heteroatoms. The Morgan fingerprint density at radius 1 is 1.13 bits per heavy atom. The van der Waals surface area contributed by atoms with Gasteiger partial charge in [0, 0.05) is 21.2 Å². The van der Waals surface area contributed by atoms with E-state index in [2.05, 4.69) is 0 Å². The summed E-state index contributed by atoms with van der Waals surface area (Å²) in [5.41, 5.74) is 0.535. The fourth-order valence-corrected chi connectivity index (χ4v) is 6.18. The lowest BCUT2D eigenvalue weighted by Crippen LogP contribution is -2.67. The Hall–Kier alpha value is -2.42. The maximum absolute atomic E-state index is 14.4. The van der Waals surface area contributed by atoms with E-state index in [1.165, 1.54) is 19.3 Å². The predicted octanol–water partition coefficient (Wildman–Crippen LogP) is 3.51. The molecule has 30 heavy (non-hydrogen) atoms. The van der Waals surface area contributed by atoms with Gasteiger partial charge in [-0.3, -0.25) is 9.59 Å². The van der Waals surface area contributed by atoms with Gasteiger partial charge in [-0.2, -0.15) is 0 Å². The predicted molar refractivity (Wildman–Crippen MR) is 109 cm³/mol. The molecule has 6 nitrogen and oxygen atoms in total. The van der Waals surface area contributed by atoms with Crippen molar-refractivity contribution in [2.24, 2.45) is 0 Å². The number of hydrogen-bond acceptors (Lipinski definition) is 5. The SMILES string of the molecule is COc1ccc(Cl)cc1C=C1CN2C(=O)CC2(S(=O)(=O)c2ccc(Cl)cc2F)C1=O. The lowest BCUT2D eigenvalue weighted by Gasteiger charge is -2.44. The summed E-state index contributed by atoms with van der Waals surface area (Å²) in [5, 5.41) is 0.398. The average molecular weight is 470 g/mol. The standard InChI is InChI=1S/C20H14Cl2FNO5S/c1-29-16-4-2-13(21)7-11(16)6-12-10-24-18(25)9-20(24,19(12)26)30(27,28)17-5-3-14(22)8-15(17)23/h2-8H,9-10H2,1H3. The Morgan fingerprint density at radius 2 is 1.80 bits per heavy atom. The highest BCUT2D eigenvalue weighted by Gasteiger charge is 2.70. The molecule has 2 saturated heterocycles. The minimum atomic E-state index is -4.56. The summed E-state index contributed by atoms with van der Waals surface area (Å²) in [6, 6.07) is 7.82. The quantitative estimate of drug-likeness (QED) is 0.505. The zero-order chi connectivity index (χ0) is 21.8. The summed E-state index contributed by atoms with van der Waals surface area (Å²) < 4.78 is 46.3. The fraction of sp³-hybridized carbons (Fsp3) is 0.200. The summed E-state index contributed by atoms with van der Waals surface area (Å²) in [6.07, 6.45) is 0.883. The molecule has 2 fully saturated rings. The number of amides is 1. The molecule has 0 bridgehead atoms. The molecular formula is C20H14Cl2FNO5S. The number of fused-ring (bicyclic) bond motifs is 1. The maximum atomic E-state index is 14.4. The fourth-order valence-electron chi connectivity index (χ4n) is 3.77. The molecule has 2 aliphatic rings. The van der Waals surface area contributed by atoms with E-state index in [4.69, 9.17) is 27.9 Å². The molecule has 0 saturated carbocycles. The van der Waals surface area contributed by atoms with E-state index in [9.17, 15) is 22.4 Å². The Balaban J connectivity index is 1.83. The summed E-state index contributed by atoms with van der Waals surface area (Å²) in [6.45, 7) is -0.220. The van der Waals surface area contributed by atoms with E-state index in [1.54, 1.807) is 18.2 Å². The second-order valence-corrected chi connectivity index (χ2v) is 9.90. The zero-order valence-electron chi connectivity index (χ0n) is 15.5. The number of hydrogen-bond donors (Lipinski definition) is 0. The molecule has 2 aromatic carbocycles. The van der Waals surface area contributed by atoms with Crippen molar-refractivity contribution >= 4 is 50.8 Å². The summed E-state index contributed by atoms with van der Waals surface area (Å²) in [5.74, 6) is -1.96. The number of Topliss-reactive ketones (excluding diaryl/α,β-unsaturated/α-hetero) is 1. The number of halogens is 3. The molecule has 1 atom stereocenters. The van der Waals surface area contributed by atoms with Gasteiger partial charge in [0.1, 0.15) is 16.5 Å². The van der Waals surface area contributed by atoms with Crippen LogP contribution in [0.2, 0.25) is 10.0 Å². The number of benzene rings is 2. The summed E-state index contributed by atoms with van der Waals surface area (Å²) in [7, 11) is -3.12. The molecule has 0 radical (unpaired) electrons. The van der Waals surface area contributed by atoms with Gasteiger partial charge < -0.3 is 9.64 Å². The van der Waals surface area contributed by atoms with E-state index in [-0.39, 0.29) is 17.1 Å². The van der Waals surface area contributed by atoms with Crippen molar-refractivity contribution in [3.63, 3.8) is 0 Å². The van der Waals surface area contributed by atoms with Gasteiger partial charge in [-0.1, -0.05) is 23.2 Å². The van der Waals surface area contributed by atoms with Crippen LogP contribution in [0, 0.1) is 5.82 Å². The smallest absolute Gasteiger partial charge is 0.228 e. The van der Waals surface area contributed by atoms with Gasteiger partial charge in [-0.05, 0) is 42.5 Å². The van der Waals surface area contributed by atoms with Crippen molar-refractivity contribution in [3.8, 4) is 5.75 Å². The second-order valence-electron chi connectivity index (χ2n) is 6.90. The van der Waals surface area contributed by atoms with Crippen molar-refractivity contribution < 1.29 is 27.1 Å². The number of methoxy groups -OCH3 is 1. The highest BCUT2D eigenvalue weighted by Crippen LogP contribution is 2.48.